The molecular weight excluding hydrogens is 344 g/mol. The molecule has 1 aromatic rings. The van der Waals surface area contributed by atoms with Gasteiger partial charge in [-0.1, -0.05) is 6.42 Å². The molecule has 1 saturated carbocycles. The summed E-state index contributed by atoms with van der Waals surface area (Å²) in [4.78, 5) is 32.9. The topological polar surface area (TPSA) is 85.8 Å². The van der Waals surface area contributed by atoms with E-state index in [1.165, 1.54) is 19.3 Å². The Morgan fingerprint density at radius 2 is 2.04 bits per heavy atom. The minimum atomic E-state index is -0.703. The molecule has 2 atom stereocenters. The van der Waals surface area contributed by atoms with Gasteiger partial charge in [0.15, 0.2) is 0 Å². The van der Waals surface area contributed by atoms with Crippen molar-refractivity contribution in [2.75, 3.05) is 42.9 Å². The summed E-state index contributed by atoms with van der Waals surface area (Å²) in [6.45, 7) is 3.50. The quantitative estimate of drug-likeness (QED) is 0.824. The van der Waals surface area contributed by atoms with E-state index in [9.17, 15) is 14.7 Å². The van der Waals surface area contributed by atoms with Gasteiger partial charge in [0.2, 0.25) is 5.91 Å². The number of carbonyl (C=O) groups is 2. The molecule has 2 saturated heterocycles. The Bertz CT molecular complexity index is 702. The number of aliphatic carboxylic acids is 1. The molecule has 27 heavy (non-hydrogen) atoms. The Kier molecular flexibility index (Phi) is 5.04. The second-order valence-electron chi connectivity index (χ2n) is 8.22. The fraction of sp³-hybridized carbons (Fsp3) is 0.650. The van der Waals surface area contributed by atoms with Crippen LogP contribution >= 0.6 is 0 Å². The number of hydrogen-bond donors (Lipinski definition) is 2. The summed E-state index contributed by atoms with van der Waals surface area (Å²) in [7, 11) is 0. The minimum absolute atomic E-state index is 0.108. The number of nitrogens with one attached hydrogen (secondary N) is 1. The maximum Gasteiger partial charge on any atom is 0.311 e. The number of carbonyl (C=O) groups excluding carboxylic acids is 1. The van der Waals surface area contributed by atoms with Crippen LogP contribution in [0.1, 0.15) is 38.5 Å². The van der Waals surface area contributed by atoms with E-state index in [0.29, 0.717) is 18.8 Å². The predicted molar refractivity (Wildman–Crippen MR) is 103 cm³/mol. The van der Waals surface area contributed by atoms with Crippen LogP contribution in [0, 0.1) is 11.3 Å². The van der Waals surface area contributed by atoms with E-state index in [0.717, 1.165) is 38.2 Å². The number of piperidine rings is 1. The summed E-state index contributed by atoms with van der Waals surface area (Å²) in [5, 5.41) is 12.6. The third-order valence-electron chi connectivity index (χ3n) is 6.45. The number of hydrogen-bond acceptors (Lipinski definition) is 5. The van der Waals surface area contributed by atoms with Crippen molar-refractivity contribution in [1.29, 1.82) is 0 Å². The molecule has 1 amide bonds. The molecule has 2 N–H and O–H groups in total. The first-order chi connectivity index (χ1) is 13.1. The summed E-state index contributed by atoms with van der Waals surface area (Å²) in [5.74, 6) is 0.324. The first kappa shape index (κ1) is 18.2. The number of carboxylic acid groups (broad SMARTS) is 1. The number of aromatic nitrogens is 1. The van der Waals surface area contributed by atoms with Crippen molar-refractivity contribution in [3.05, 3.63) is 18.3 Å². The van der Waals surface area contributed by atoms with Crippen molar-refractivity contribution in [2.45, 2.75) is 38.5 Å². The van der Waals surface area contributed by atoms with Crippen molar-refractivity contribution in [3.63, 3.8) is 0 Å². The van der Waals surface area contributed by atoms with Crippen LogP contribution in [-0.4, -0.2) is 59.6 Å². The highest BCUT2D eigenvalue weighted by Crippen LogP contribution is 2.48. The van der Waals surface area contributed by atoms with Crippen molar-refractivity contribution in [3.8, 4) is 0 Å². The third kappa shape index (κ3) is 3.65. The fourth-order valence-electron chi connectivity index (χ4n) is 5.04. The number of likely N-dealkylation sites (tertiary alicyclic amines) is 1. The highest BCUT2D eigenvalue weighted by molar-refractivity contribution is 5.92. The molecule has 0 spiro atoms. The van der Waals surface area contributed by atoms with E-state index in [-0.39, 0.29) is 18.4 Å². The molecular formula is C20H28N4O3. The average molecular weight is 372 g/mol. The van der Waals surface area contributed by atoms with E-state index in [2.05, 4.69) is 15.2 Å². The van der Waals surface area contributed by atoms with Gasteiger partial charge in [-0.05, 0) is 50.2 Å². The van der Waals surface area contributed by atoms with Gasteiger partial charge in [0.1, 0.15) is 5.82 Å². The lowest BCUT2D eigenvalue weighted by molar-refractivity contribution is -0.149. The van der Waals surface area contributed by atoms with E-state index in [1.54, 1.807) is 6.20 Å². The van der Waals surface area contributed by atoms with Crippen LogP contribution in [0.5, 0.6) is 0 Å². The van der Waals surface area contributed by atoms with E-state index in [1.807, 2.05) is 17.0 Å². The number of nitrogens with zero attached hydrogens (tertiary/aromatic N) is 3. The molecule has 0 radical (unpaired) electrons. The lowest BCUT2D eigenvalue weighted by Gasteiger charge is -2.27. The van der Waals surface area contributed by atoms with Crippen LogP contribution in [0.3, 0.4) is 0 Å². The van der Waals surface area contributed by atoms with Crippen LogP contribution in [0.15, 0.2) is 18.3 Å². The molecule has 1 aromatic heterocycles. The Hall–Kier alpha value is -2.15. The van der Waals surface area contributed by atoms with Crippen molar-refractivity contribution < 1.29 is 14.7 Å². The number of anilines is 2. The molecule has 0 unspecified atom stereocenters. The average Bonchev–Trinajstić information content (AvgIpc) is 3.21. The maximum absolute atomic E-state index is 12.4. The van der Waals surface area contributed by atoms with Crippen molar-refractivity contribution >= 4 is 23.4 Å². The summed E-state index contributed by atoms with van der Waals surface area (Å²) in [6.07, 6.45) is 8.06. The first-order valence-corrected chi connectivity index (χ1v) is 10.0. The summed E-state index contributed by atoms with van der Waals surface area (Å²) in [6, 6.07) is 3.85. The molecule has 0 bridgehead atoms. The highest BCUT2D eigenvalue weighted by atomic mass is 16.4. The van der Waals surface area contributed by atoms with Crippen LogP contribution in [0.25, 0.3) is 0 Å². The van der Waals surface area contributed by atoms with Gasteiger partial charge in [0, 0.05) is 26.2 Å². The molecule has 3 heterocycles. The molecule has 7 heteroatoms. The van der Waals surface area contributed by atoms with Crippen LogP contribution in [0.4, 0.5) is 11.5 Å². The summed E-state index contributed by atoms with van der Waals surface area (Å²) in [5.41, 5.74) is 0.0471. The summed E-state index contributed by atoms with van der Waals surface area (Å²) < 4.78 is 0. The van der Waals surface area contributed by atoms with Crippen LogP contribution in [0.2, 0.25) is 0 Å². The second kappa shape index (κ2) is 7.46. The smallest absolute Gasteiger partial charge is 0.311 e. The molecule has 3 aliphatic rings. The zero-order chi connectivity index (χ0) is 18.9. The summed E-state index contributed by atoms with van der Waals surface area (Å²) >= 11 is 0. The van der Waals surface area contributed by atoms with Crippen molar-refractivity contribution in [1.82, 2.24) is 9.88 Å². The number of pyridine rings is 1. The number of fused-ring (bicyclic) bond motifs is 1. The molecule has 0 aromatic carbocycles. The number of carboxylic acids is 1. The van der Waals surface area contributed by atoms with Gasteiger partial charge in [-0.15, -0.1) is 0 Å². The molecule has 4 rings (SSSR count). The lowest BCUT2D eigenvalue weighted by atomic mass is 9.81. The zero-order valence-corrected chi connectivity index (χ0v) is 15.7. The molecule has 7 nitrogen and oxygen atoms in total. The monoisotopic (exact) mass is 372 g/mol. The van der Waals surface area contributed by atoms with Gasteiger partial charge < -0.3 is 15.3 Å². The van der Waals surface area contributed by atoms with Gasteiger partial charge in [0.05, 0.1) is 23.8 Å². The zero-order valence-electron chi connectivity index (χ0n) is 15.7. The van der Waals surface area contributed by atoms with Gasteiger partial charge in [-0.25, -0.2) is 4.98 Å². The Morgan fingerprint density at radius 3 is 2.70 bits per heavy atom. The van der Waals surface area contributed by atoms with Crippen LogP contribution < -0.4 is 10.2 Å². The Balaban J connectivity index is 1.31. The number of amides is 1. The first-order valence-electron chi connectivity index (χ1n) is 10.0. The molecule has 2 aliphatic heterocycles. The molecule has 1 aliphatic carbocycles. The molecule has 146 valence electrons. The van der Waals surface area contributed by atoms with Gasteiger partial charge in [-0.2, -0.15) is 0 Å². The Morgan fingerprint density at radius 1 is 1.22 bits per heavy atom. The van der Waals surface area contributed by atoms with E-state index < -0.39 is 11.4 Å². The Labute approximate surface area is 159 Å². The van der Waals surface area contributed by atoms with Gasteiger partial charge in [0.25, 0.3) is 0 Å². The van der Waals surface area contributed by atoms with E-state index in [4.69, 9.17) is 0 Å². The highest BCUT2D eigenvalue weighted by Gasteiger charge is 2.54. The standard InChI is InChI=1S/C20H28N4O3/c25-18(13-23-12-15-5-4-8-20(15,14-23)19(26)27)22-16-6-7-17(21-11-16)24-9-2-1-3-10-24/h6-7,11,15H,1-5,8-10,12-14H2,(H,22,25)(H,26,27)/t15-,20+/m0/s1. The second-order valence-corrected chi connectivity index (χ2v) is 8.22. The predicted octanol–water partition coefficient (Wildman–Crippen LogP) is 2.20. The van der Waals surface area contributed by atoms with E-state index >= 15 is 0 Å². The third-order valence-corrected chi connectivity index (χ3v) is 6.45. The number of rotatable bonds is 5. The lowest BCUT2D eigenvalue weighted by Crippen LogP contribution is -2.37. The normalized spacial score (nSPS) is 28.1. The SMILES string of the molecule is O=C(CN1C[C@@H]2CCC[C@@]2(C(=O)O)C1)Nc1ccc(N2CCCCC2)nc1. The van der Waals surface area contributed by atoms with Gasteiger partial charge in [-0.3, -0.25) is 14.5 Å². The van der Waals surface area contributed by atoms with Crippen molar-refractivity contribution in [2.24, 2.45) is 11.3 Å². The van der Waals surface area contributed by atoms with Crippen LogP contribution in [-0.2, 0) is 9.59 Å². The minimum Gasteiger partial charge on any atom is -0.481 e. The largest absolute Gasteiger partial charge is 0.481 e. The fourth-order valence-corrected chi connectivity index (χ4v) is 5.04. The molecule has 3 fully saturated rings. The maximum atomic E-state index is 12.4. The van der Waals surface area contributed by atoms with Gasteiger partial charge >= 0.3 is 5.97 Å².